The van der Waals surface area contributed by atoms with E-state index in [1.807, 2.05) is 13.0 Å². The monoisotopic (exact) mass is 316 g/mol. The molecule has 8 heteroatoms. The summed E-state index contributed by atoms with van der Waals surface area (Å²) in [5, 5.41) is 16.0. The normalized spacial score (nSPS) is 9.86. The van der Waals surface area contributed by atoms with Gasteiger partial charge in [0.15, 0.2) is 5.11 Å². The zero-order valence-electron chi connectivity index (χ0n) is 11.6. The van der Waals surface area contributed by atoms with Crippen LogP contribution in [0.1, 0.15) is 15.9 Å². The second-order valence-electron chi connectivity index (χ2n) is 4.38. The summed E-state index contributed by atoms with van der Waals surface area (Å²) in [5.41, 5.74) is 0.859. The van der Waals surface area contributed by atoms with Gasteiger partial charge in [0.25, 0.3) is 11.6 Å². The second-order valence-corrected chi connectivity index (χ2v) is 4.79. The van der Waals surface area contributed by atoms with Gasteiger partial charge in [0.1, 0.15) is 5.82 Å². The summed E-state index contributed by atoms with van der Waals surface area (Å²) in [4.78, 5) is 26.3. The Morgan fingerprint density at radius 1 is 1.32 bits per heavy atom. The molecule has 0 aliphatic carbocycles. The average molecular weight is 316 g/mol. The number of hydrogen-bond donors (Lipinski definition) is 2. The summed E-state index contributed by atoms with van der Waals surface area (Å²) in [5.74, 6) is 0.00151. The predicted molar refractivity (Wildman–Crippen MR) is 85.8 cm³/mol. The number of amides is 1. The molecule has 0 spiro atoms. The number of hydrogen-bond acceptors (Lipinski definition) is 5. The van der Waals surface area contributed by atoms with Crippen LogP contribution in [0.4, 0.5) is 11.5 Å². The first-order valence-electron chi connectivity index (χ1n) is 6.26. The van der Waals surface area contributed by atoms with Gasteiger partial charge in [-0.15, -0.1) is 0 Å². The molecule has 2 N–H and O–H groups in total. The zero-order valence-corrected chi connectivity index (χ0v) is 12.4. The minimum atomic E-state index is -0.565. The molecule has 0 aliphatic heterocycles. The molecule has 0 bridgehead atoms. The van der Waals surface area contributed by atoms with Crippen molar-refractivity contribution >= 4 is 34.7 Å². The van der Waals surface area contributed by atoms with Crippen molar-refractivity contribution in [2.75, 3.05) is 5.32 Å². The highest BCUT2D eigenvalue weighted by Gasteiger charge is 2.13. The molecular weight excluding hydrogens is 304 g/mol. The SMILES string of the molecule is Cc1cccnc1NC(=S)NC(=O)c1cccc([N+](=O)[O-])c1. The van der Waals surface area contributed by atoms with E-state index in [9.17, 15) is 14.9 Å². The smallest absolute Gasteiger partial charge is 0.270 e. The number of nitrogens with zero attached hydrogens (tertiary/aromatic N) is 2. The number of anilines is 1. The third-order valence-corrected chi connectivity index (χ3v) is 2.99. The number of rotatable bonds is 3. The Morgan fingerprint density at radius 2 is 2.09 bits per heavy atom. The van der Waals surface area contributed by atoms with Crippen molar-refractivity contribution in [3.05, 3.63) is 63.8 Å². The van der Waals surface area contributed by atoms with E-state index in [-0.39, 0.29) is 16.4 Å². The van der Waals surface area contributed by atoms with Gasteiger partial charge in [-0.25, -0.2) is 4.98 Å². The van der Waals surface area contributed by atoms with E-state index in [1.165, 1.54) is 24.3 Å². The molecule has 0 atom stereocenters. The Bertz CT molecular complexity index is 748. The Hall–Kier alpha value is -2.87. The van der Waals surface area contributed by atoms with Gasteiger partial charge in [-0.05, 0) is 36.8 Å². The molecule has 0 saturated carbocycles. The molecule has 1 heterocycles. The van der Waals surface area contributed by atoms with E-state index in [4.69, 9.17) is 12.2 Å². The minimum absolute atomic E-state index is 0.0679. The average Bonchev–Trinajstić information content (AvgIpc) is 2.49. The first-order chi connectivity index (χ1) is 10.5. The van der Waals surface area contributed by atoms with Crippen molar-refractivity contribution < 1.29 is 9.72 Å². The highest BCUT2D eigenvalue weighted by atomic mass is 32.1. The second kappa shape index (κ2) is 6.72. The van der Waals surface area contributed by atoms with Gasteiger partial charge in [0.05, 0.1) is 4.92 Å². The molecule has 1 aromatic carbocycles. The molecule has 112 valence electrons. The number of aryl methyl sites for hydroxylation is 1. The Morgan fingerprint density at radius 3 is 2.77 bits per heavy atom. The van der Waals surface area contributed by atoms with Gasteiger partial charge < -0.3 is 5.32 Å². The molecular formula is C14H12N4O3S. The number of nitrogens with one attached hydrogen (secondary N) is 2. The number of carbonyl (C=O) groups is 1. The first-order valence-corrected chi connectivity index (χ1v) is 6.66. The lowest BCUT2D eigenvalue weighted by molar-refractivity contribution is -0.384. The molecule has 0 radical (unpaired) electrons. The first kappa shape index (κ1) is 15.5. The van der Waals surface area contributed by atoms with Crippen LogP contribution in [-0.2, 0) is 0 Å². The van der Waals surface area contributed by atoms with E-state index in [1.54, 1.807) is 12.3 Å². The third-order valence-electron chi connectivity index (χ3n) is 2.79. The van der Waals surface area contributed by atoms with Crippen molar-refractivity contribution in [2.45, 2.75) is 6.92 Å². The maximum absolute atomic E-state index is 12.0. The summed E-state index contributed by atoms with van der Waals surface area (Å²) >= 11 is 5.04. The van der Waals surface area contributed by atoms with Crippen LogP contribution in [0.5, 0.6) is 0 Å². The lowest BCUT2D eigenvalue weighted by Gasteiger charge is -2.10. The summed E-state index contributed by atoms with van der Waals surface area (Å²) < 4.78 is 0. The van der Waals surface area contributed by atoms with Crippen molar-refractivity contribution in [2.24, 2.45) is 0 Å². The van der Waals surface area contributed by atoms with Crippen LogP contribution in [0.2, 0.25) is 0 Å². The van der Waals surface area contributed by atoms with E-state index in [2.05, 4.69) is 15.6 Å². The largest absolute Gasteiger partial charge is 0.317 e. The number of aromatic nitrogens is 1. The summed E-state index contributed by atoms with van der Waals surface area (Å²) in [6, 6.07) is 9.03. The Kier molecular flexibility index (Phi) is 4.74. The topological polar surface area (TPSA) is 97.2 Å². The number of pyridine rings is 1. The van der Waals surface area contributed by atoms with Gasteiger partial charge >= 0.3 is 0 Å². The number of nitro benzene ring substituents is 1. The molecule has 22 heavy (non-hydrogen) atoms. The Balaban J connectivity index is 2.06. The lowest BCUT2D eigenvalue weighted by Crippen LogP contribution is -2.34. The van der Waals surface area contributed by atoms with Gasteiger partial charge in [-0.2, -0.15) is 0 Å². The molecule has 2 rings (SSSR count). The fraction of sp³-hybridized carbons (Fsp3) is 0.0714. The minimum Gasteiger partial charge on any atom is -0.317 e. The van der Waals surface area contributed by atoms with Gasteiger partial charge in [-0.3, -0.25) is 20.2 Å². The van der Waals surface area contributed by atoms with Crippen molar-refractivity contribution in [1.29, 1.82) is 0 Å². The van der Waals surface area contributed by atoms with Crippen LogP contribution in [0, 0.1) is 17.0 Å². The maximum atomic E-state index is 12.0. The van der Waals surface area contributed by atoms with Crippen molar-refractivity contribution in [3.63, 3.8) is 0 Å². The van der Waals surface area contributed by atoms with Crippen LogP contribution in [0.25, 0.3) is 0 Å². The standard InChI is InChI=1S/C14H12N4O3S/c1-9-4-3-7-15-12(9)16-14(22)17-13(19)10-5-2-6-11(8-10)18(20)21/h2-8H,1H3,(H2,15,16,17,19,22). The predicted octanol–water partition coefficient (Wildman–Crippen LogP) is 2.43. The molecule has 1 aromatic heterocycles. The molecule has 0 unspecified atom stereocenters. The Labute approximate surface area is 131 Å². The quantitative estimate of drug-likeness (QED) is 0.513. The van der Waals surface area contributed by atoms with Gasteiger partial charge in [0.2, 0.25) is 0 Å². The molecule has 7 nitrogen and oxygen atoms in total. The number of carbonyl (C=O) groups excluding carboxylic acids is 1. The van der Waals surface area contributed by atoms with Gasteiger partial charge in [0, 0.05) is 23.9 Å². The highest BCUT2D eigenvalue weighted by Crippen LogP contribution is 2.13. The van der Waals surface area contributed by atoms with Crippen molar-refractivity contribution in [3.8, 4) is 0 Å². The van der Waals surface area contributed by atoms with Crippen LogP contribution in [0.3, 0.4) is 0 Å². The molecule has 0 fully saturated rings. The van der Waals surface area contributed by atoms with Crippen LogP contribution < -0.4 is 10.6 Å². The van der Waals surface area contributed by atoms with Gasteiger partial charge in [-0.1, -0.05) is 12.1 Å². The van der Waals surface area contributed by atoms with E-state index in [0.717, 1.165) is 5.56 Å². The number of thiocarbonyl (C=S) groups is 1. The summed E-state index contributed by atoms with van der Waals surface area (Å²) in [6.45, 7) is 1.85. The van der Waals surface area contributed by atoms with Crippen LogP contribution >= 0.6 is 12.2 Å². The van der Waals surface area contributed by atoms with E-state index >= 15 is 0 Å². The van der Waals surface area contributed by atoms with E-state index in [0.29, 0.717) is 5.82 Å². The molecule has 0 aliphatic rings. The van der Waals surface area contributed by atoms with E-state index < -0.39 is 10.8 Å². The molecule has 2 aromatic rings. The molecule has 1 amide bonds. The maximum Gasteiger partial charge on any atom is 0.270 e. The third kappa shape index (κ3) is 3.83. The molecule has 0 saturated heterocycles. The number of nitro groups is 1. The fourth-order valence-corrected chi connectivity index (χ4v) is 1.88. The number of non-ortho nitro benzene ring substituents is 1. The summed E-state index contributed by atoms with van der Waals surface area (Å²) in [7, 11) is 0. The summed E-state index contributed by atoms with van der Waals surface area (Å²) in [6.07, 6.45) is 1.60. The lowest BCUT2D eigenvalue weighted by atomic mass is 10.2. The number of benzene rings is 1. The van der Waals surface area contributed by atoms with Crippen LogP contribution in [0.15, 0.2) is 42.6 Å². The fourth-order valence-electron chi connectivity index (χ4n) is 1.69. The zero-order chi connectivity index (χ0) is 16.1. The highest BCUT2D eigenvalue weighted by molar-refractivity contribution is 7.80. The van der Waals surface area contributed by atoms with Crippen LogP contribution in [-0.4, -0.2) is 20.9 Å². The van der Waals surface area contributed by atoms with Crippen molar-refractivity contribution in [1.82, 2.24) is 10.3 Å².